The Hall–Kier alpha value is -2.86. The lowest BCUT2D eigenvalue weighted by Crippen LogP contribution is -2.21. The second-order valence-electron chi connectivity index (χ2n) is 6.27. The molecule has 1 heterocycles. The molecule has 1 atom stereocenters. The number of aromatic nitrogens is 1. The zero-order chi connectivity index (χ0) is 19.2. The van der Waals surface area contributed by atoms with Crippen molar-refractivity contribution in [2.45, 2.75) is 19.3 Å². The number of nitrogens with zero attached hydrogens (tertiary/aromatic N) is 1. The average molecular weight is 383 g/mol. The Morgan fingerprint density at radius 3 is 2.48 bits per heavy atom. The Labute approximate surface area is 160 Å². The van der Waals surface area contributed by atoms with Gasteiger partial charge in [-0.25, -0.2) is 9.37 Å². The topological polar surface area (TPSA) is 67.3 Å². The maximum Gasteiger partial charge on any atom is 0.307 e. The standard InChI is InChI=1S/C21H18FNO3S/c22-19-9-5-4-8-18(19)20-23-16(13-27-20)12-17(24)11-15(21(25)26)10-14-6-2-1-3-7-14/h1-9,13,15H,10-12H2,(H,25,26)/t15-/m1/s1. The summed E-state index contributed by atoms with van der Waals surface area (Å²) in [5.74, 6) is -2.32. The molecule has 0 aliphatic carbocycles. The van der Waals surface area contributed by atoms with E-state index in [0.717, 1.165) is 5.56 Å². The number of hydrogen-bond acceptors (Lipinski definition) is 4. The third kappa shape index (κ3) is 5.08. The van der Waals surface area contributed by atoms with Crippen molar-refractivity contribution in [2.75, 3.05) is 0 Å². The molecular weight excluding hydrogens is 365 g/mol. The van der Waals surface area contributed by atoms with Crippen molar-refractivity contribution in [3.63, 3.8) is 0 Å². The van der Waals surface area contributed by atoms with Gasteiger partial charge in [0.1, 0.15) is 16.6 Å². The van der Waals surface area contributed by atoms with Crippen LogP contribution < -0.4 is 0 Å². The Morgan fingerprint density at radius 1 is 1.07 bits per heavy atom. The number of halogens is 1. The zero-order valence-corrected chi connectivity index (χ0v) is 15.3. The Morgan fingerprint density at radius 2 is 1.78 bits per heavy atom. The van der Waals surface area contributed by atoms with Gasteiger partial charge in [-0.1, -0.05) is 42.5 Å². The first-order valence-corrected chi connectivity index (χ1v) is 9.38. The molecule has 6 heteroatoms. The molecule has 0 radical (unpaired) electrons. The Kier molecular flexibility index (Phi) is 6.08. The van der Waals surface area contributed by atoms with Crippen molar-refractivity contribution < 1.29 is 19.1 Å². The number of carbonyl (C=O) groups is 2. The van der Waals surface area contributed by atoms with E-state index in [1.807, 2.05) is 30.3 Å². The maximum atomic E-state index is 13.8. The molecule has 3 rings (SSSR count). The lowest BCUT2D eigenvalue weighted by Gasteiger charge is -2.11. The van der Waals surface area contributed by atoms with Gasteiger partial charge in [-0.15, -0.1) is 11.3 Å². The van der Waals surface area contributed by atoms with E-state index in [2.05, 4.69) is 4.98 Å². The Balaban J connectivity index is 1.64. The van der Waals surface area contributed by atoms with Crippen molar-refractivity contribution in [2.24, 2.45) is 5.92 Å². The van der Waals surface area contributed by atoms with Gasteiger partial charge in [0.15, 0.2) is 0 Å². The lowest BCUT2D eigenvalue weighted by molar-refractivity contribution is -0.143. The number of aliphatic carboxylic acids is 1. The van der Waals surface area contributed by atoms with Crippen LogP contribution in [0.15, 0.2) is 60.0 Å². The molecule has 0 unspecified atom stereocenters. The molecule has 0 bridgehead atoms. The van der Waals surface area contributed by atoms with Gasteiger partial charge in [0, 0.05) is 23.8 Å². The summed E-state index contributed by atoms with van der Waals surface area (Å²) < 4.78 is 13.8. The monoisotopic (exact) mass is 383 g/mol. The van der Waals surface area contributed by atoms with E-state index in [4.69, 9.17) is 0 Å². The maximum absolute atomic E-state index is 13.8. The molecule has 3 aromatic rings. The molecule has 1 aromatic heterocycles. The van der Waals surface area contributed by atoms with E-state index in [0.29, 0.717) is 22.7 Å². The number of hydrogen-bond donors (Lipinski definition) is 1. The molecule has 0 aliphatic rings. The van der Waals surface area contributed by atoms with Crippen LogP contribution in [0.25, 0.3) is 10.6 Å². The quantitative estimate of drug-likeness (QED) is 0.626. The van der Waals surface area contributed by atoms with Gasteiger partial charge in [-0.05, 0) is 24.1 Å². The van der Waals surface area contributed by atoms with Crippen LogP contribution in [0.1, 0.15) is 17.7 Å². The van der Waals surface area contributed by atoms with Crippen molar-refractivity contribution in [1.29, 1.82) is 0 Å². The highest BCUT2D eigenvalue weighted by atomic mass is 32.1. The van der Waals surface area contributed by atoms with Crippen LogP contribution in [0.2, 0.25) is 0 Å². The Bertz CT molecular complexity index is 939. The molecule has 138 valence electrons. The summed E-state index contributed by atoms with van der Waals surface area (Å²) in [6.07, 6.45) is 0.291. The summed E-state index contributed by atoms with van der Waals surface area (Å²) in [6.45, 7) is 0. The second-order valence-corrected chi connectivity index (χ2v) is 7.13. The van der Waals surface area contributed by atoms with Crippen LogP contribution in [0.4, 0.5) is 4.39 Å². The second kappa shape index (κ2) is 8.68. The molecule has 0 aliphatic heterocycles. The number of carbonyl (C=O) groups excluding carboxylic acids is 1. The predicted octanol–water partition coefficient (Wildman–Crippen LogP) is 4.39. The fourth-order valence-corrected chi connectivity index (χ4v) is 3.69. The lowest BCUT2D eigenvalue weighted by atomic mass is 9.93. The first kappa shape index (κ1) is 18.9. The van der Waals surface area contributed by atoms with Crippen LogP contribution in [-0.2, 0) is 22.4 Å². The summed E-state index contributed by atoms with van der Waals surface area (Å²) in [5, 5.41) is 11.6. The van der Waals surface area contributed by atoms with E-state index in [1.54, 1.807) is 23.6 Å². The van der Waals surface area contributed by atoms with Gasteiger partial charge >= 0.3 is 5.97 Å². The van der Waals surface area contributed by atoms with Crippen molar-refractivity contribution in [3.05, 3.63) is 77.1 Å². The molecule has 4 nitrogen and oxygen atoms in total. The largest absolute Gasteiger partial charge is 0.481 e. The highest BCUT2D eigenvalue weighted by Gasteiger charge is 2.22. The van der Waals surface area contributed by atoms with Crippen LogP contribution in [0.3, 0.4) is 0 Å². The molecular formula is C21H18FNO3S. The van der Waals surface area contributed by atoms with E-state index >= 15 is 0 Å². The smallest absolute Gasteiger partial charge is 0.307 e. The minimum atomic E-state index is -0.988. The minimum Gasteiger partial charge on any atom is -0.481 e. The first-order chi connectivity index (χ1) is 13.0. The van der Waals surface area contributed by atoms with Crippen molar-refractivity contribution in [1.82, 2.24) is 4.98 Å². The molecule has 0 saturated heterocycles. The van der Waals surface area contributed by atoms with Crippen LogP contribution in [0.5, 0.6) is 0 Å². The van der Waals surface area contributed by atoms with Gasteiger partial charge in [-0.3, -0.25) is 9.59 Å². The SMILES string of the molecule is O=C(Cc1csc(-c2ccccc2F)n1)C[C@@H](Cc1ccccc1)C(=O)O. The van der Waals surface area contributed by atoms with E-state index in [9.17, 15) is 19.1 Å². The summed E-state index contributed by atoms with van der Waals surface area (Å²) >= 11 is 1.27. The van der Waals surface area contributed by atoms with Gasteiger partial charge in [0.2, 0.25) is 0 Å². The van der Waals surface area contributed by atoms with Gasteiger partial charge < -0.3 is 5.11 Å². The highest BCUT2D eigenvalue weighted by molar-refractivity contribution is 7.13. The van der Waals surface area contributed by atoms with E-state index in [1.165, 1.54) is 17.4 Å². The molecule has 27 heavy (non-hydrogen) atoms. The summed E-state index contributed by atoms with van der Waals surface area (Å²) in [7, 11) is 0. The van der Waals surface area contributed by atoms with Gasteiger partial charge in [-0.2, -0.15) is 0 Å². The predicted molar refractivity (Wildman–Crippen MR) is 102 cm³/mol. The number of benzene rings is 2. The van der Waals surface area contributed by atoms with E-state index in [-0.39, 0.29) is 24.4 Å². The molecule has 1 N–H and O–H groups in total. The molecule has 0 saturated carbocycles. The number of ketones is 1. The zero-order valence-electron chi connectivity index (χ0n) is 14.5. The van der Waals surface area contributed by atoms with Crippen molar-refractivity contribution in [3.8, 4) is 10.6 Å². The van der Waals surface area contributed by atoms with Gasteiger partial charge in [0.25, 0.3) is 0 Å². The average Bonchev–Trinajstić information content (AvgIpc) is 3.10. The third-order valence-electron chi connectivity index (χ3n) is 4.18. The van der Waals surface area contributed by atoms with Gasteiger partial charge in [0.05, 0.1) is 11.6 Å². The minimum absolute atomic E-state index is 0.0452. The summed E-state index contributed by atoms with van der Waals surface area (Å²) in [6, 6.07) is 15.6. The number of Topliss-reactive ketones (excluding diaryl/α,β-unsaturated/α-hetero) is 1. The first-order valence-electron chi connectivity index (χ1n) is 8.50. The van der Waals surface area contributed by atoms with Crippen molar-refractivity contribution >= 4 is 23.1 Å². The molecule has 0 amide bonds. The number of carboxylic acid groups (broad SMARTS) is 1. The normalized spacial score (nSPS) is 11.9. The highest BCUT2D eigenvalue weighted by Crippen LogP contribution is 2.26. The summed E-state index contributed by atoms with van der Waals surface area (Å²) in [4.78, 5) is 28.2. The molecule has 0 fully saturated rings. The fraction of sp³-hybridized carbons (Fsp3) is 0.190. The molecule has 2 aromatic carbocycles. The molecule has 0 spiro atoms. The van der Waals surface area contributed by atoms with Crippen LogP contribution in [-0.4, -0.2) is 21.8 Å². The van der Waals surface area contributed by atoms with Crippen LogP contribution >= 0.6 is 11.3 Å². The number of thiazole rings is 1. The summed E-state index contributed by atoms with van der Waals surface area (Å²) in [5.41, 5.74) is 1.81. The van der Waals surface area contributed by atoms with E-state index < -0.39 is 11.9 Å². The number of rotatable bonds is 8. The van der Waals surface area contributed by atoms with Crippen LogP contribution in [0, 0.1) is 11.7 Å². The third-order valence-corrected chi connectivity index (χ3v) is 5.11. The number of carboxylic acids is 1. The fourth-order valence-electron chi connectivity index (χ4n) is 2.84.